The van der Waals surface area contributed by atoms with Gasteiger partial charge in [0.15, 0.2) is 0 Å². The minimum absolute atomic E-state index is 0.0217. The summed E-state index contributed by atoms with van der Waals surface area (Å²) >= 11 is 0. The zero-order chi connectivity index (χ0) is 13.1. The molecule has 1 aliphatic rings. The van der Waals surface area contributed by atoms with E-state index in [0.29, 0.717) is 13.1 Å². The molecule has 0 aliphatic carbocycles. The Bertz CT molecular complexity index is 448. The molecule has 5 heteroatoms. The molecule has 2 rings (SSSR count). The average molecular weight is 249 g/mol. The molecule has 0 spiro atoms. The van der Waals surface area contributed by atoms with E-state index in [1.165, 1.54) is 0 Å². The standard InChI is InChI=1S/C13H19N3O2/c1-9(14-2)11-4-3-10(7-12(11)17)16-6-5-15-13(18)8-16/h3-4,7,9,14,17H,5-6,8H2,1-2H3,(H,15,18). The van der Waals surface area contributed by atoms with Crippen LogP contribution in [0.2, 0.25) is 0 Å². The number of benzene rings is 1. The summed E-state index contributed by atoms with van der Waals surface area (Å²) in [4.78, 5) is 13.3. The summed E-state index contributed by atoms with van der Waals surface area (Å²) in [5.74, 6) is 0.286. The van der Waals surface area contributed by atoms with Crippen LogP contribution < -0.4 is 15.5 Å². The molecule has 1 aromatic carbocycles. The summed E-state index contributed by atoms with van der Waals surface area (Å²) in [6, 6.07) is 5.67. The van der Waals surface area contributed by atoms with Gasteiger partial charge in [0.25, 0.3) is 0 Å². The van der Waals surface area contributed by atoms with Crippen LogP contribution in [-0.2, 0) is 4.79 Å². The molecule has 18 heavy (non-hydrogen) atoms. The van der Waals surface area contributed by atoms with Gasteiger partial charge in [-0.05, 0) is 20.0 Å². The molecule has 1 unspecified atom stereocenters. The molecule has 0 aromatic heterocycles. The fraction of sp³-hybridized carbons (Fsp3) is 0.462. The highest BCUT2D eigenvalue weighted by Crippen LogP contribution is 2.29. The number of hydrogen-bond acceptors (Lipinski definition) is 4. The lowest BCUT2D eigenvalue weighted by Gasteiger charge is -2.29. The van der Waals surface area contributed by atoms with E-state index in [1.807, 2.05) is 31.0 Å². The van der Waals surface area contributed by atoms with Gasteiger partial charge in [0.1, 0.15) is 5.75 Å². The minimum atomic E-state index is 0.0217. The first kappa shape index (κ1) is 12.7. The number of phenols is 1. The molecule has 1 heterocycles. The molecule has 3 N–H and O–H groups in total. The van der Waals surface area contributed by atoms with Crippen molar-refractivity contribution < 1.29 is 9.90 Å². The van der Waals surface area contributed by atoms with E-state index in [1.54, 1.807) is 6.07 Å². The fourth-order valence-corrected chi connectivity index (χ4v) is 2.11. The highest BCUT2D eigenvalue weighted by molar-refractivity contribution is 5.82. The molecule has 0 radical (unpaired) electrons. The van der Waals surface area contributed by atoms with Gasteiger partial charge in [-0.1, -0.05) is 6.07 Å². The van der Waals surface area contributed by atoms with Crippen LogP contribution in [0.25, 0.3) is 0 Å². The van der Waals surface area contributed by atoms with E-state index >= 15 is 0 Å². The number of piperazine rings is 1. The summed E-state index contributed by atoms with van der Waals surface area (Å²) in [7, 11) is 1.85. The van der Waals surface area contributed by atoms with E-state index in [2.05, 4.69) is 10.6 Å². The maximum atomic E-state index is 11.3. The number of aromatic hydroxyl groups is 1. The predicted molar refractivity (Wildman–Crippen MR) is 70.8 cm³/mol. The third kappa shape index (κ3) is 2.56. The van der Waals surface area contributed by atoms with Gasteiger partial charge >= 0.3 is 0 Å². The van der Waals surface area contributed by atoms with Gasteiger partial charge in [-0.25, -0.2) is 0 Å². The van der Waals surface area contributed by atoms with Gasteiger partial charge in [-0.3, -0.25) is 4.79 Å². The number of nitrogens with zero attached hydrogens (tertiary/aromatic N) is 1. The first-order chi connectivity index (χ1) is 8.61. The van der Waals surface area contributed by atoms with E-state index < -0.39 is 0 Å². The smallest absolute Gasteiger partial charge is 0.239 e. The van der Waals surface area contributed by atoms with Crippen molar-refractivity contribution in [3.05, 3.63) is 23.8 Å². The van der Waals surface area contributed by atoms with Gasteiger partial charge in [-0.2, -0.15) is 0 Å². The Morgan fingerprint density at radius 2 is 2.28 bits per heavy atom. The Morgan fingerprint density at radius 3 is 2.89 bits per heavy atom. The number of amides is 1. The zero-order valence-corrected chi connectivity index (χ0v) is 10.7. The SMILES string of the molecule is CNC(C)c1ccc(N2CCNC(=O)C2)cc1O. The second kappa shape index (κ2) is 5.27. The summed E-state index contributed by atoms with van der Waals surface area (Å²) in [5, 5.41) is 15.9. The van der Waals surface area contributed by atoms with E-state index in [0.717, 1.165) is 17.8 Å². The van der Waals surface area contributed by atoms with Crippen LogP contribution in [0.15, 0.2) is 18.2 Å². The predicted octanol–water partition coefficient (Wildman–Crippen LogP) is 0.609. The molecule has 5 nitrogen and oxygen atoms in total. The lowest BCUT2D eigenvalue weighted by molar-refractivity contribution is -0.120. The Morgan fingerprint density at radius 1 is 1.50 bits per heavy atom. The molecule has 1 fully saturated rings. The Kier molecular flexibility index (Phi) is 3.72. The largest absolute Gasteiger partial charge is 0.508 e. The van der Waals surface area contributed by atoms with Crippen molar-refractivity contribution >= 4 is 11.6 Å². The van der Waals surface area contributed by atoms with Crippen molar-refractivity contribution in [2.75, 3.05) is 31.6 Å². The van der Waals surface area contributed by atoms with Crippen molar-refractivity contribution in [3.8, 4) is 5.75 Å². The summed E-state index contributed by atoms with van der Waals surface area (Å²) < 4.78 is 0. The van der Waals surface area contributed by atoms with Gasteiger partial charge in [0.05, 0.1) is 6.54 Å². The average Bonchev–Trinajstić information content (AvgIpc) is 2.37. The number of carbonyl (C=O) groups excluding carboxylic acids is 1. The van der Waals surface area contributed by atoms with Crippen molar-refractivity contribution in [2.45, 2.75) is 13.0 Å². The summed E-state index contributed by atoms with van der Waals surface area (Å²) in [5.41, 5.74) is 1.75. The molecule has 1 atom stereocenters. The normalized spacial score (nSPS) is 17.4. The van der Waals surface area contributed by atoms with Crippen molar-refractivity contribution in [1.29, 1.82) is 0 Å². The van der Waals surface area contributed by atoms with E-state index in [4.69, 9.17) is 0 Å². The second-order valence-electron chi connectivity index (χ2n) is 4.52. The molecule has 1 aliphatic heterocycles. The van der Waals surface area contributed by atoms with Crippen molar-refractivity contribution in [1.82, 2.24) is 10.6 Å². The zero-order valence-electron chi connectivity index (χ0n) is 10.7. The Labute approximate surface area is 107 Å². The molecule has 1 aromatic rings. The molecule has 1 amide bonds. The Hall–Kier alpha value is -1.75. The molecule has 0 saturated carbocycles. The Balaban J connectivity index is 2.20. The maximum absolute atomic E-state index is 11.3. The van der Waals surface area contributed by atoms with Gasteiger partial charge in [0, 0.05) is 36.4 Å². The first-order valence-electron chi connectivity index (χ1n) is 6.13. The van der Waals surface area contributed by atoms with Crippen molar-refractivity contribution in [3.63, 3.8) is 0 Å². The van der Waals surface area contributed by atoms with Crippen LogP contribution in [0.5, 0.6) is 5.75 Å². The number of phenolic OH excluding ortho intramolecular Hbond substituents is 1. The highest BCUT2D eigenvalue weighted by Gasteiger charge is 2.18. The van der Waals surface area contributed by atoms with Gasteiger partial charge < -0.3 is 20.6 Å². The van der Waals surface area contributed by atoms with E-state index in [9.17, 15) is 9.90 Å². The van der Waals surface area contributed by atoms with Crippen LogP contribution in [0.3, 0.4) is 0 Å². The van der Waals surface area contributed by atoms with Gasteiger partial charge in [-0.15, -0.1) is 0 Å². The number of carbonyl (C=O) groups is 1. The molecular weight excluding hydrogens is 230 g/mol. The molecule has 98 valence electrons. The maximum Gasteiger partial charge on any atom is 0.239 e. The monoisotopic (exact) mass is 249 g/mol. The topological polar surface area (TPSA) is 64.6 Å². The number of hydrogen-bond donors (Lipinski definition) is 3. The summed E-state index contributed by atoms with van der Waals surface area (Å²) in [6.07, 6.45) is 0. The molecule has 1 saturated heterocycles. The van der Waals surface area contributed by atoms with Crippen LogP contribution in [0.4, 0.5) is 5.69 Å². The lowest BCUT2D eigenvalue weighted by Crippen LogP contribution is -2.47. The number of rotatable bonds is 3. The third-order valence-corrected chi connectivity index (χ3v) is 3.32. The second-order valence-corrected chi connectivity index (χ2v) is 4.52. The first-order valence-corrected chi connectivity index (χ1v) is 6.13. The third-order valence-electron chi connectivity index (χ3n) is 3.32. The highest BCUT2D eigenvalue weighted by atomic mass is 16.3. The molecule has 0 bridgehead atoms. The summed E-state index contributed by atoms with van der Waals surface area (Å²) in [6.45, 7) is 3.75. The molecular formula is C13H19N3O2. The van der Waals surface area contributed by atoms with Crippen LogP contribution in [0.1, 0.15) is 18.5 Å². The van der Waals surface area contributed by atoms with Gasteiger partial charge in [0.2, 0.25) is 5.91 Å². The van der Waals surface area contributed by atoms with Crippen molar-refractivity contribution in [2.24, 2.45) is 0 Å². The van der Waals surface area contributed by atoms with Crippen LogP contribution in [0, 0.1) is 0 Å². The quantitative estimate of drug-likeness (QED) is 0.734. The number of anilines is 1. The van der Waals surface area contributed by atoms with Crippen LogP contribution >= 0.6 is 0 Å². The number of nitrogens with one attached hydrogen (secondary N) is 2. The fourth-order valence-electron chi connectivity index (χ4n) is 2.11. The van der Waals surface area contributed by atoms with Crippen LogP contribution in [-0.4, -0.2) is 37.7 Å². The lowest BCUT2D eigenvalue weighted by atomic mass is 10.1. The van der Waals surface area contributed by atoms with E-state index in [-0.39, 0.29) is 17.7 Å². The minimum Gasteiger partial charge on any atom is -0.508 e.